The predicted octanol–water partition coefficient (Wildman–Crippen LogP) is 2.99. The van der Waals surface area contributed by atoms with E-state index in [0.717, 1.165) is 28.9 Å². The lowest BCUT2D eigenvalue weighted by molar-refractivity contribution is -0.116. The lowest BCUT2D eigenvalue weighted by Gasteiger charge is -2.05. The largest absolute Gasteiger partial charge is 0.352 e. The summed E-state index contributed by atoms with van der Waals surface area (Å²) in [5, 5.41) is 11.9. The second-order valence-corrected chi connectivity index (χ2v) is 8.80. The summed E-state index contributed by atoms with van der Waals surface area (Å²) in [6.45, 7) is 0.528. The molecule has 0 aliphatic rings. The van der Waals surface area contributed by atoms with Crippen molar-refractivity contribution in [1.82, 2.24) is 5.32 Å². The van der Waals surface area contributed by atoms with E-state index in [0.29, 0.717) is 17.8 Å². The number of nitrogens with zero attached hydrogens (tertiary/aromatic N) is 1. The summed E-state index contributed by atoms with van der Waals surface area (Å²) >= 11 is 1.65. The molecule has 0 heterocycles. The van der Waals surface area contributed by atoms with Crippen LogP contribution in [0.1, 0.15) is 16.7 Å². The van der Waals surface area contributed by atoms with Gasteiger partial charge in [-0.15, -0.1) is 0 Å². The predicted molar refractivity (Wildman–Crippen MR) is 114 cm³/mol. The van der Waals surface area contributed by atoms with Crippen LogP contribution in [0, 0.1) is 11.3 Å². The molecule has 2 aromatic rings. The molecule has 0 saturated heterocycles. The molecule has 6 nitrogen and oxygen atoms in total. The van der Waals surface area contributed by atoms with E-state index in [4.69, 9.17) is 5.26 Å². The number of nitriles is 1. The number of benzene rings is 2. The van der Waals surface area contributed by atoms with Gasteiger partial charge in [-0.3, -0.25) is 9.52 Å². The quantitative estimate of drug-likeness (QED) is 0.484. The van der Waals surface area contributed by atoms with E-state index in [1.165, 1.54) is 6.08 Å². The van der Waals surface area contributed by atoms with Gasteiger partial charge in [-0.1, -0.05) is 30.3 Å². The van der Waals surface area contributed by atoms with Crippen molar-refractivity contribution in [3.8, 4) is 6.07 Å². The molecule has 0 fully saturated rings. The highest BCUT2D eigenvalue weighted by molar-refractivity contribution is 7.98. The lowest BCUT2D eigenvalue weighted by atomic mass is 10.1. The van der Waals surface area contributed by atoms with Crippen LogP contribution in [0.2, 0.25) is 0 Å². The summed E-state index contributed by atoms with van der Waals surface area (Å²) in [7, 11) is -3.30. The second-order valence-electron chi connectivity index (χ2n) is 5.94. The van der Waals surface area contributed by atoms with Gasteiger partial charge in [0.15, 0.2) is 0 Å². The normalized spacial score (nSPS) is 11.1. The highest BCUT2D eigenvalue weighted by atomic mass is 32.2. The summed E-state index contributed by atoms with van der Waals surface area (Å²) in [5.74, 6) is 1.27. The third-order valence-electron chi connectivity index (χ3n) is 3.58. The molecule has 0 saturated carbocycles. The molecule has 0 radical (unpaired) electrons. The Bertz CT molecular complexity index is 979. The van der Waals surface area contributed by atoms with Gasteiger partial charge in [-0.25, -0.2) is 8.42 Å². The van der Waals surface area contributed by atoms with E-state index in [9.17, 15) is 13.2 Å². The molecule has 28 heavy (non-hydrogen) atoms. The number of carbonyl (C=O) groups excluding carboxylic acids is 1. The fourth-order valence-electron chi connectivity index (χ4n) is 2.29. The number of carbonyl (C=O) groups is 1. The van der Waals surface area contributed by atoms with Gasteiger partial charge in [0, 0.05) is 29.8 Å². The average Bonchev–Trinajstić information content (AvgIpc) is 2.66. The lowest BCUT2D eigenvalue weighted by Crippen LogP contribution is -2.23. The number of anilines is 1. The van der Waals surface area contributed by atoms with Crippen molar-refractivity contribution in [2.45, 2.75) is 5.75 Å². The van der Waals surface area contributed by atoms with Crippen LogP contribution in [0.25, 0.3) is 6.08 Å². The van der Waals surface area contributed by atoms with E-state index >= 15 is 0 Å². The van der Waals surface area contributed by atoms with Crippen LogP contribution in [0.15, 0.2) is 54.6 Å². The number of hydrogen-bond donors (Lipinski definition) is 2. The van der Waals surface area contributed by atoms with Crippen molar-refractivity contribution in [3.05, 3.63) is 71.3 Å². The van der Waals surface area contributed by atoms with E-state index < -0.39 is 10.0 Å². The Hall–Kier alpha value is -2.76. The molecule has 2 aromatic carbocycles. The van der Waals surface area contributed by atoms with Crippen molar-refractivity contribution in [2.24, 2.45) is 0 Å². The number of rotatable bonds is 9. The SMILES string of the molecule is CS(=O)(=O)Nc1ccc(C=CC(=O)NCCSCc2ccccc2C#N)cc1. The Morgan fingerprint density at radius 3 is 2.57 bits per heavy atom. The van der Waals surface area contributed by atoms with E-state index in [1.807, 2.05) is 18.2 Å². The fourth-order valence-corrected chi connectivity index (χ4v) is 3.72. The molecule has 8 heteroatoms. The molecule has 0 atom stereocenters. The van der Waals surface area contributed by atoms with Gasteiger partial charge in [-0.2, -0.15) is 17.0 Å². The van der Waals surface area contributed by atoms with Crippen LogP contribution in [0.5, 0.6) is 0 Å². The van der Waals surface area contributed by atoms with Crippen LogP contribution in [0.4, 0.5) is 5.69 Å². The molecule has 0 unspecified atom stereocenters. The molecule has 0 aliphatic carbocycles. The third kappa shape index (κ3) is 7.86. The van der Waals surface area contributed by atoms with E-state index in [1.54, 1.807) is 48.2 Å². The first kappa shape index (κ1) is 21.5. The summed E-state index contributed by atoms with van der Waals surface area (Å²) in [6, 6.07) is 16.4. The Morgan fingerprint density at radius 1 is 1.18 bits per heavy atom. The first-order valence-corrected chi connectivity index (χ1v) is 11.5. The van der Waals surface area contributed by atoms with Crippen LogP contribution in [-0.2, 0) is 20.6 Å². The Labute approximate surface area is 169 Å². The van der Waals surface area contributed by atoms with Crippen molar-refractivity contribution >= 4 is 39.5 Å². The molecule has 146 valence electrons. The molecule has 2 N–H and O–H groups in total. The third-order valence-corrected chi connectivity index (χ3v) is 5.20. The minimum Gasteiger partial charge on any atom is -0.352 e. The van der Waals surface area contributed by atoms with Gasteiger partial charge in [0.2, 0.25) is 15.9 Å². The highest BCUT2D eigenvalue weighted by Crippen LogP contribution is 2.15. The van der Waals surface area contributed by atoms with Gasteiger partial charge in [0.1, 0.15) is 0 Å². The van der Waals surface area contributed by atoms with Crippen LogP contribution < -0.4 is 10.0 Å². The minimum absolute atomic E-state index is 0.198. The van der Waals surface area contributed by atoms with Gasteiger partial charge >= 0.3 is 0 Å². The van der Waals surface area contributed by atoms with Gasteiger partial charge < -0.3 is 5.32 Å². The number of hydrogen-bond acceptors (Lipinski definition) is 5. The van der Waals surface area contributed by atoms with Crippen molar-refractivity contribution in [1.29, 1.82) is 5.26 Å². The zero-order chi connectivity index (χ0) is 20.4. The molecular weight excluding hydrogens is 394 g/mol. The molecule has 0 aromatic heterocycles. The molecule has 0 bridgehead atoms. The Morgan fingerprint density at radius 2 is 1.89 bits per heavy atom. The summed E-state index contributed by atoms with van der Waals surface area (Å²) in [6.07, 6.45) is 4.19. The molecule has 0 aliphatic heterocycles. The molecule has 1 amide bonds. The number of amides is 1. The molecular formula is C20H21N3O3S2. The zero-order valence-electron chi connectivity index (χ0n) is 15.4. The number of thioether (sulfide) groups is 1. The smallest absolute Gasteiger partial charge is 0.244 e. The maximum Gasteiger partial charge on any atom is 0.244 e. The Balaban J connectivity index is 1.71. The Kier molecular flexibility index (Phi) is 8.11. The second kappa shape index (κ2) is 10.5. The van der Waals surface area contributed by atoms with Crippen molar-refractivity contribution < 1.29 is 13.2 Å². The van der Waals surface area contributed by atoms with Gasteiger partial charge in [0.05, 0.1) is 17.9 Å². The van der Waals surface area contributed by atoms with Gasteiger partial charge in [-0.05, 0) is 35.4 Å². The first-order valence-electron chi connectivity index (χ1n) is 8.47. The highest BCUT2D eigenvalue weighted by Gasteiger charge is 2.02. The number of sulfonamides is 1. The summed E-state index contributed by atoms with van der Waals surface area (Å²) in [5.41, 5.74) is 2.94. The number of nitrogens with one attached hydrogen (secondary N) is 2. The first-order chi connectivity index (χ1) is 13.4. The van der Waals surface area contributed by atoms with Crippen molar-refractivity contribution in [3.63, 3.8) is 0 Å². The average molecular weight is 416 g/mol. The van der Waals surface area contributed by atoms with E-state index in [-0.39, 0.29) is 5.91 Å². The molecule has 0 spiro atoms. The summed E-state index contributed by atoms with van der Waals surface area (Å²) in [4.78, 5) is 11.9. The zero-order valence-corrected chi connectivity index (χ0v) is 17.0. The van der Waals surface area contributed by atoms with Crippen LogP contribution >= 0.6 is 11.8 Å². The van der Waals surface area contributed by atoms with E-state index in [2.05, 4.69) is 16.1 Å². The van der Waals surface area contributed by atoms with Gasteiger partial charge in [0.25, 0.3) is 0 Å². The maximum absolute atomic E-state index is 11.9. The standard InChI is InChI=1S/C20H21N3O3S2/c1-28(25,26)23-19-9-6-16(7-10-19)8-11-20(24)22-12-13-27-15-18-5-3-2-4-17(18)14-21/h2-11,23H,12-13,15H2,1H3,(H,22,24). The topological polar surface area (TPSA) is 99.1 Å². The maximum atomic E-state index is 11.9. The summed E-state index contributed by atoms with van der Waals surface area (Å²) < 4.78 is 24.7. The minimum atomic E-state index is -3.30. The van der Waals surface area contributed by atoms with Crippen LogP contribution in [0.3, 0.4) is 0 Å². The van der Waals surface area contributed by atoms with Crippen molar-refractivity contribution in [2.75, 3.05) is 23.3 Å². The monoisotopic (exact) mass is 415 g/mol. The van der Waals surface area contributed by atoms with Crippen LogP contribution in [-0.4, -0.2) is 32.9 Å². The molecule has 2 rings (SSSR count). The fraction of sp³-hybridized carbons (Fsp3) is 0.200.